The summed E-state index contributed by atoms with van der Waals surface area (Å²) in [6, 6.07) is 5.64. The highest BCUT2D eigenvalue weighted by atomic mass is 16.5. The van der Waals surface area contributed by atoms with Crippen molar-refractivity contribution in [1.82, 2.24) is 10.6 Å². The van der Waals surface area contributed by atoms with Gasteiger partial charge in [0.1, 0.15) is 6.61 Å². The largest absolute Gasteiger partial charge is 0.493 e. The van der Waals surface area contributed by atoms with E-state index in [9.17, 15) is 4.79 Å². The molecule has 2 N–H and O–H groups in total. The van der Waals surface area contributed by atoms with Crippen molar-refractivity contribution < 1.29 is 19.0 Å². The maximum absolute atomic E-state index is 12.0. The Balaban J connectivity index is 1.50. The number of ether oxygens (including phenoxy) is 3. The Bertz CT molecular complexity index is 529. The standard InChI is InChI=1S/C16H22N2O4/c1-20-14-4-2-3-12-7-13(10-22-15(12)14)18-16(19)17-8-11-5-6-21-9-11/h2-4,11,13H,5-10H2,1H3,(H2,17,18,19)/t11-,13+/m1/s1. The van der Waals surface area contributed by atoms with Crippen LogP contribution in [0.1, 0.15) is 12.0 Å². The fraction of sp³-hybridized carbons (Fsp3) is 0.562. The van der Waals surface area contributed by atoms with E-state index in [2.05, 4.69) is 10.6 Å². The second kappa shape index (κ2) is 6.87. The minimum atomic E-state index is -0.146. The van der Waals surface area contributed by atoms with Gasteiger partial charge in [-0.15, -0.1) is 0 Å². The monoisotopic (exact) mass is 306 g/mol. The molecule has 2 heterocycles. The van der Waals surface area contributed by atoms with Gasteiger partial charge in [-0.2, -0.15) is 0 Å². The van der Waals surface area contributed by atoms with Gasteiger partial charge in [-0.25, -0.2) is 4.79 Å². The zero-order valence-electron chi connectivity index (χ0n) is 12.8. The Kier molecular flexibility index (Phi) is 4.68. The van der Waals surface area contributed by atoms with E-state index in [1.54, 1.807) is 7.11 Å². The molecular formula is C16H22N2O4. The smallest absolute Gasteiger partial charge is 0.315 e. The summed E-state index contributed by atoms with van der Waals surface area (Å²) in [4.78, 5) is 12.0. The quantitative estimate of drug-likeness (QED) is 0.881. The molecule has 6 heteroatoms. The highest BCUT2D eigenvalue weighted by Gasteiger charge is 2.24. The van der Waals surface area contributed by atoms with E-state index in [4.69, 9.17) is 14.2 Å². The molecule has 1 fully saturated rings. The van der Waals surface area contributed by atoms with Crippen molar-refractivity contribution in [3.05, 3.63) is 23.8 Å². The summed E-state index contributed by atoms with van der Waals surface area (Å²) in [5.74, 6) is 1.95. The molecule has 2 atom stereocenters. The summed E-state index contributed by atoms with van der Waals surface area (Å²) in [6.07, 6.45) is 1.76. The first-order valence-corrected chi connectivity index (χ1v) is 7.67. The van der Waals surface area contributed by atoms with Gasteiger partial charge < -0.3 is 24.8 Å². The van der Waals surface area contributed by atoms with Gasteiger partial charge in [0.2, 0.25) is 0 Å². The molecule has 1 saturated heterocycles. The molecule has 2 aliphatic heterocycles. The third-order valence-corrected chi connectivity index (χ3v) is 4.09. The van der Waals surface area contributed by atoms with Crippen LogP contribution < -0.4 is 20.1 Å². The van der Waals surface area contributed by atoms with Crippen LogP contribution in [0, 0.1) is 5.92 Å². The first kappa shape index (κ1) is 15.0. The lowest BCUT2D eigenvalue weighted by molar-refractivity contribution is 0.184. The van der Waals surface area contributed by atoms with Crippen molar-refractivity contribution in [2.45, 2.75) is 18.9 Å². The number of rotatable bonds is 4. The van der Waals surface area contributed by atoms with E-state index in [0.717, 1.165) is 43.1 Å². The van der Waals surface area contributed by atoms with Crippen LogP contribution in [0.15, 0.2) is 18.2 Å². The molecule has 0 unspecified atom stereocenters. The Morgan fingerprint density at radius 2 is 2.32 bits per heavy atom. The zero-order chi connectivity index (χ0) is 15.4. The average molecular weight is 306 g/mol. The number of benzene rings is 1. The SMILES string of the molecule is COc1cccc2c1OC[C@@H](NC(=O)NC[C@H]1CCOC1)C2. The minimum Gasteiger partial charge on any atom is -0.493 e. The number of fused-ring (bicyclic) bond motifs is 1. The van der Waals surface area contributed by atoms with Crippen LogP contribution in [0.25, 0.3) is 0 Å². The third kappa shape index (κ3) is 3.44. The average Bonchev–Trinajstić information content (AvgIpc) is 3.05. The van der Waals surface area contributed by atoms with Gasteiger partial charge in [0.15, 0.2) is 11.5 Å². The van der Waals surface area contributed by atoms with Gasteiger partial charge in [0.25, 0.3) is 0 Å². The Morgan fingerprint density at radius 1 is 1.41 bits per heavy atom. The molecule has 0 radical (unpaired) electrons. The summed E-state index contributed by atoms with van der Waals surface area (Å²) < 4.78 is 16.3. The second-order valence-electron chi connectivity index (χ2n) is 5.74. The first-order valence-electron chi connectivity index (χ1n) is 7.67. The lowest BCUT2D eigenvalue weighted by atomic mass is 10.0. The van der Waals surface area contributed by atoms with Crippen LogP contribution in [-0.4, -0.2) is 45.5 Å². The number of nitrogens with one attached hydrogen (secondary N) is 2. The van der Waals surface area contributed by atoms with Crippen LogP contribution in [0.3, 0.4) is 0 Å². The molecule has 6 nitrogen and oxygen atoms in total. The summed E-state index contributed by atoms with van der Waals surface area (Å²) in [6.45, 7) is 2.64. The van der Waals surface area contributed by atoms with Crippen molar-refractivity contribution in [2.75, 3.05) is 33.5 Å². The summed E-state index contributed by atoms with van der Waals surface area (Å²) in [5.41, 5.74) is 1.06. The van der Waals surface area contributed by atoms with Crippen LogP contribution in [0.2, 0.25) is 0 Å². The summed E-state index contributed by atoms with van der Waals surface area (Å²) in [5, 5.41) is 5.87. The van der Waals surface area contributed by atoms with Gasteiger partial charge in [0, 0.05) is 24.6 Å². The van der Waals surface area contributed by atoms with E-state index in [1.807, 2.05) is 18.2 Å². The highest BCUT2D eigenvalue weighted by Crippen LogP contribution is 2.34. The van der Waals surface area contributed by atoms with Crippen molar-refractivity contribution >= 4 is 6.03 Å². The molecule has 0 bridgehead atoms. The molecule has 0 aromatic heterocycles. The molecule has 0 spiro atoms. The predicted octanol–water partition coefficient (Wildman–Crippen LogP) is 1.33. The lowest BCUT2D eigenvalue weighted by Crippen LogP contribution is -2.48. The van der Waals surface area contributed by atoms with E-state index in [1.165, 1.54) is 0 Å². The molecule has 2 amide bonds. The van der Waals surface area contributed by atoms with E-state index in [0.29, 0.717) is 19.1 Å². The highest BCUT2D eigenvalue weighted by molar-refractivity contribution is 5.74. The number of amides is 2. The summed E-state index contributed by atoms with van der Waals surface area (Å²) >= 11 is 0. The lowest BCUT2D eigenvalue weighted by Gasteiger charge is -2.27. The van der Waals surface area contributed by atoms with Gasteiger partial charge in [-0.3, -0.25) is 0 Å². The van der Waals surface area contributed by atoms with Crippen molar-refractivity contribution in [2.24, 2.45) is 5.92 Å². The third-order valence-electron chi connectivity index (χ3n) is 4.09. The number of hydrogen-bond donors (Lipinski definition) is 2. The van der Waals surface area contributed by atoms with Crippen molar-refractivity contribution in [3.63, 3.8) is 0 Å². The number of carbonyl (C=O) groups excluding carboxylic acids is 1. The molecule has 0 aliphatic carbocycles. The van der Waals surface area contributed by atoms with E-state index in [-0.39, 0.29) is 12.1 Å². The zero-order valence-corrected chi connectivity index (χ0v) is 12.8. The van der Waals surface area contributed by atoms with E-state index >= 15 is 0 Å². The second-order valence-corrected chi connectivity index (χ2v) is 5.74. The molecule has 22 heavy (non-hydrogen) atoms. The summed E-state index contributed by atoms with van der Waals surface area (Å²) in [7, 11) is 1.63. The topological polar surface area (TPSA) is 68.8 Å². The number of urea groups is 1. The Hall–Kier alpha value is -1.95. The number of carbonyl (C=O) groups is 1. The van der Waals surface area contributed by atoms with Gasteiger partial charge >= 0.3 is 6.03 Å². The normalized spacial score (nSPS) is 23.3. The predicted molar refractivity (Wildman–Crippen MR) is 81.4 cm³/mol. The maximum atomic E-state index is 12.0. The maximum Gasteiger partial charge on any atom is 0.315 e. The molecular weight excluding hydrogens is 284 g/mol. The molecule has 0 saturated carbocycles. The number of hydrogen-bond acceptors (Lipinski definition) is 4. The molecule has 120 valence electrons. The molecule has 1 aromatic carbocycles. The molecule has 2 aliphatic rings. The Labute approximate surface area is 130 Å². The first-order chi connectivity index (χ1) is 10.8. The number of methoxy groups -OCH3 is 1. The molecule has 1 aromatic rings. The van der Waals surface area contributed by atoms with Gasteiger partial charge in [-0.1, -0.05) is 12.1 Å². The van der Waals surface area contributed by atoms with Crippen molar-refractivity contribution in [1.29, 1.82) is 0 Å². The fourth-order valence-corrected chi connectivity index (χ4v) is 2.87. The fourth-order valence-electron chi connectivity index (χ4n) is 2.87. The van der Waals surface area contributed by atoms with Crippen LogP contribution in [-0.2, 0) is 11.2 Å². The van der Waals surface area contributed by atoms with Gasteiger partial charge in [-0.05, 0) is 18.9 Å². The van der Waals surface area contributed by atoms with Gasteiger partial charge in [0.05, 0.1) is 19.8 Å². The van der Waals surface area contributed by atoms with Crippen LogP contribution in [0.4, 0.5) is 4.79 Å². The van der Waals surface area contributed by atoms with Crippen molar-refractivity contribution in [3.8, 4) is 11.5 Å². The van der Waals surface area contributed by atoms with E-state index < -0.39 is 0 Å². The van der Waals surface area contributed by atoms with Crippen LogP contribution in [0.5, 0.6) is 11.5 Å². The molecule has 3 rings (SSSR count). The minimum absolute atomic E-state index is 0.0283. The Morgan fingerprint density at radius 3 is 3.09 bits per heavy atom. The van der Waals surface area contributed by atoms with Crippen LogP contribution >= 0.6 is 0 Å². The number of para-hydroxylation sites is 1.